The van der Waals surface area contributed by atoms with Crippen LogP contribution in [0.1, 0.15) is 51.9 Å². The topological polar surface area (TPSA) is 37.3 Å². The Morgan fingerprint density at radius 2 is 2.00 bits per heavy atom. The molecule has 0 heterocycles. The Morgan fingerprint density at radius 1 is 1.31 bits per heavy atom. The maximum atomic E-state index is 10.9. The van der Waals surface area contributed by atoms with E-state index in [1.165, 1.54) is 0 Å². The van der Waals surface area contributed by atoms with Crippen molar-refractivity contribution in [2.24, 2.45) is 5.92 Å². The van der Waals surface area contributed by atoms with Crippen molar-refractivity contribution < 1.29 is 9.90 Å². The highest BCUT2D eigenvalue weighted by atomic mass is 16.4. The van der Waals surface area contributed by atoms with E-state index in [2.05, 4.69) is 19.6 Å². The lowest BCUT2D eigenvalue weighted by Crippen LogP contribution is -2.13. The second kappa shape index (κ2) is 10.5. The Hall–Kier alpha value is -1.05. The van der Waals surface area contributed by atoms with Gasteiger partial charge in [-0.05, 0) is 25.7 Å². The first-order chi connectivity index (χ1) is 7.72. The summed E-state index contributed by atoms with van der Waals surface area (Å²) < 4.78 is 0. The monoisotopic (exact) mass is 224 g/mol. The lowest BCUT2D eigenvalue weighted by atomic mass is 9.95. The predicted octanol–water partition coefficient (Wildman–Crippen LogP) is 4.18. The van der Waals surface area contributed by atoms with Gasteiger partial charge in [0.15, 0.2) is 0 Å². The third-order valence-electron chi connectivity index (χ3n) is 2.70. The molecule has 0 saturated heterocycles. The average molecular weight is 224 g/mol. The predicted molar refractivity (Wildman–Crippen MR) is 68.5 cm³/mol. The van der Waals surface area contributed by atoms with Crippen molar-refractivity contribution in [2.45, 2.75) is 51.9 Å². The number of unbranched alkanes of at least 4 members (excludes halogenated alkanes) is 3. The Bertz CT molecular complexity index is 219. The molecule has 2 heteroatoms. The molecule has 0 rings (SSSR count). The Labute approximate surface area is 99.1 Å². The molecular formula is C14H24O2. The SMILES string of the molecule is C=C/C=C/CCCCC(CCCC)C(=O)O. The van der Waals surface area contributed by atoms with Gasteiger partial charge in [0, 0.05) is 0 Å². The average Bonchev–Trinajstić information content (AvgIpc) is 2.26. The minimum absolute atomic E-state index is 0.136. The first kappa shape index (κ1) is 14.9. The molecule has 1 atom stereocenters. The number of hydrogen-bond acceptors (Lipinski definition) is 1. The summed E-state index contributed by atoms with van der Waals surface area (Å²) in [4.78, 5) is 10.9. The molecular weight excluding hydrogens is 200 g/mol. The third-order valence-corrected chi connectivity index (χ3v) is 2.70. The highest BCUT2D eigenvalue weighted by molar-refractivity contribution is 5.69. The Kier molecular flexibility index (Phi) is 9.78. The molecule has 0 saturated carbocycles. The summed E-state index contributed by atoms with van der Waals surface area (Å²) in [5.41, 5.74) is 0. The summed E-state index contributed by atoms with van der Waals surface area (Å²) in [5, 5.41) is 9.01. The molecule has 0 bridgehead atoms. The zero-order chi connectivity index (χ0) is 12.2. The molecule has 1 unspecified atom stereocenters. The second-order valence-corrected chi connectivity index (χ2v) is 4.13. The van der Waals surface area contributed by atoms with Crippen LogP contribution in [-0.4, -0.2) is 11.1 Å². The van der Waals surface area contributed by atoms with Crippen LogP contribution in [0.3, 0.4) is 0 Å². The number of aliphatic carboxylic acids is 1. The number of allylic oxidation sites excluding steroid dienone is 3. The van der Waals surface area contributed by atoms with Gasteiger partial charge in [0.25, 0.3) is 0 Å². The van der Waals surface area contributed by atoms with Crippen LogP contribution in [0.15, 0.2) is 24.8 Å². The highest BCUT2D eigenvalue weighted by Crippen LogP contribution is 2.17. The number of carboxylic acid groups (broad SMARTS) is 1. The summed E-state index contributed by atoms with van der Waals surface area (Å²) in [6, 6.07) is 0. The van der Waals surface area contributed by atoms with Gasteiger partial charge in [0.05, 0.1) is 5.92 Å². The van der Waals surface area contributed by atoms with Crippen molar-refractivity contribution in [3.63, 3.8) is 0 Å². The van der Waals surface area contributed by atoms with Gasteiger partial charge in [-0.3, -0.25) is 4.79 Å². The molecule has 0 amide bonds. The van der Waals surface area contributed by atoms with Gasteiger partial charge >= 0.3 is 5.97 Å². The number of hydrogen-bond donors (Lipinski definition) is 1. The fraction of sp³-hybridized carbons (Fsp3) is 0.643. The van der Waals surface area contributed by atoms with E-state index in [1.54, 1.807) is 6.08 Å². The van der Waals surface area contributed by atoms with Crippen LogP contribution in [0.2, 0.25) is 0 Å². The third kappa shape index (κ3) is 8.27. The van der Waals surface area contributed by atoms with Gasteiger partial charge in [0.2, 0.25) is 0 Å². The highest BCUT2D eigenvalue weighted by Gasteiger charge is 2.15. The standard InChI is InChI=1S/C14H24O2/c1-3-5-7-8-9-10-12-13(14(15)16)11-6-4-2/h3,5,7,13H,1,4,6,8-12H2,2H3,(H,15,16)/b7-5+. The molecule has 92 valence electrons. The van der Waals surface area contributed by atoms with E-state index < -0.39 is 5.97 Å². The zero-order valence-corrected chi connectivity index (χ0v) is 10.3. The molecule has 0 aromatic heterocycles. The molecule has 2 nitrogen and oxygen atoms in total. The van der Waals surface area contributed by atoms with Crippen molar-refractivity contribution in [2.75, 3.05) is 0 Å². The molecule has 0 aliphatic rings. The zero-order valence-electron chi connectivity index (χ0n) is 10.3. The van der Waals surface area contributed by atoms with Crippen molar-refractivity contribution in [1.29, 1.82) is 0 Å². The van der Waals surface area contributed by atoms with Gasteiger partial charge in [-0.1, -0.05) is 51.0 Å². The van der Waals surface area contributed by atoms with Crippen LogP contribution in [0.5, 0.6) is 0 Å². The summed E-state index contributed by atoms with van der Waals surface area (Å²) >= 11 is 0. The number of carbonyl (C=O) groups is 1. The molecule has 16 heavy (non-hydrogen) atoms. The quantitative estimate of drug-likeness (QED) is 0.446. The molecule has 0 aromatic carbocycles. The van der Waals surface area contributed by atoms with Crippen LogP contribution in [0.25, 0.3) is 0 Å². The Balaban J connectivity index is 3.63. The fourth-order valence-electron chi connectivity index (χ4n) is 1.69. The molecule has 0 radical (unpaired) electrons. The number of rotatable bonds is 10. The molecule has 0 aliphatic carbocycles. The van der Waals surface area contributed by atoms with Crippen LogP contribution in [-0.2, 0) is 4.79 Å². The van der Waals surface area contributed by atoms with Crippen LogP contribution < -0.4 is 0 Å². The summed E-state index contributed by atoms with van der Waals surface area (Å²) in [7, 11) is 0. The molecule has 0 aliphatic heterocycles. The lowest BCUT2D eigenvalue weighted by Gasteiger charge is -2.10. The van der Waals surface area contributed by atoms with E-state index >= 15 is 0 Å². The van der Waals surface area contributed by atoms with Crippen molar-refractivity contribution >= 4 is 5.97 Å². The van der Waals surface area contributed by atoms with Crippen molar-refractivity contribution in [1.82, 2.24) is 0 Å². The van der Waals surface area contributed by atoms with E-state index in [4.69, 9.17) is 5.11 Å². The van der Waals surface area contributed by atoms with Gasteiger partial charge in [0.1, 0.15) is 0 Å². The van der Waals surface area contributed by atoms with E-state index in [0.29, 0.717) is 0 Å². The lowest BCUT2D eigenvalue weighted by molar-refractivity contribution is -0.142. The van der Waals surface area contributed by atoms with E-state index in [9.17, 15) is 4.79 Å². The fourth-order valence-corrected chi connectivity index (χ4v) is 1.69. The van der Waals surface area contributed by atoms with Crippen LogP contribution in [0.4, 0.5) is 0 Å². The molecule has 0 fully saturated rings. The number of carboxylic acids is 1. The smallest absolute Gasteiger partial charge is 0.306 e. The minimum Gasteiger partial charge on any atom is -0.481 e. The largest absolute Gasteiger partial charge is 0.481 e. The van der Waals surface area contributed by atoms with Crippen LogP contribution >= 0.6 is 0 Å². The van der Waals surface area contributed by atoms with Gasteiger partial charge < -0.3 is 5.11 Å². The minimum atomic E-state index is -0.630. The van der Waals surface area contributed by atoms with Crippen molar-refractivity contribution in [3.05, 3.63) is 24.8 Å². The van der Waals surface area contributed by atoms with Gasteiger partial charge in [-0.15, -0.1) is 0 Å². The van der Waals surface area contributed by atoms with Gasteiger partial charge in [-0.25, -0.2) is 0 Å². The normalized spacial score (nSPS) is 12.8. The first-order valence-corrected chi connectivity index (χ1v) is 6.22. The second-order valence-electron chi connectivity index (χ2n) is 4.13. The van der Waals surface area contributed by atoms with Crippen LogP contribution in [0, 0.1) is 5.92 Å². The Morgan fingerprint density at radius 3 is 2.56 bits per heavy atom. The summed E-state index contributed by atoms with van der Waals surface area (Å²) in [5.74, 6) is -0.765. The molecule has 0 spiro atoms. The maximum absolute atomic E-state index is 10.9. The maximum Gasteiger partial charge on any atom is 0.306 e. The van der Waals surface area contributed by atoms with Gasteiger partial charge in [-0.2, -0.15) is 0 Å². The molecule has 0 aromatic rings. The summed E-state index contributed by atoms with van der Waals surface area (Å²) in [6.45, 7) is 5.70. The molecule has 1 N–H and O–H groups in total. The summed E-state index contributed by atoms with van der Waals surface area (Å²) in [6.07, 6.45) is 12.6. The van der Waals surface area contributed by atoms with E-state index in [1.807, 2.05) is 6.08 Å². The van der Waals surface area contributed by atoms with E-state index in [-0.39, 0.29) is 5.92 Å². The van der Waals surface area contributed by atoms with E-state index in [0.717, 1.165) is 44.9 Å². The first-order valence-electron chi connectivity index (χ1n) is 6.22. The van der Waals surface area contributed by atoms with Crippen molar-refractivity contribution in [3.8, 4) is 0 Å².